The number of piperidine rings is 1. The highest BCUT2D eigenvalue weighted by Crippen LogP contribution is 2.32. The molecule has 3 aromatic rings. The van der Waals surface area contributed by atoms with Gasteiger partial charge in [-0.05, 0) is 81.2 Å². The number of amides is 1. The molecule has 1 N–H and O–H groups in total. The van der Waals surface area contributed by atoms with Crippen molar-refractivity contribution < 1.29 is 14.3 Å². The van der Waals surface area contributed by atoms with E-state index in [4.69, 9.17) is 14.5 Å². The van der Waals surface area contributed by atoms with Gasteiger partial charge in [-0.25, -0.2) is 0 Å². The number of nitrogens with one attached hydrogen (secondary N) is 1. The molecule has 1 amide bonds. The van der Waals surface area contributed by atoms with E-state index in [1.165, 1.54) is 5.56 Å². The van der Waals surface area contributed by atoms with Gasteiger partial charge in [0.05, 0.1) is 25.5 Å². The Hall–Kier alpha value is -3.38. The lowest BCUT2D eigenvalue weighted by Gasteiger charge is -2.32. The lowest BCUT2D eigenvalue weighted by molar-refractivity contribution is 0.0948. The smallest absolute Gasteiger partial charge is 0.253 e. The van der Waals surface area contributed by atoms with E-state index in [2.05, 4.69) is 29.3 Å². The standard InChI is InChI=1S/C29H35N3O3/c1-20-7-5-6-8-23(20)18-30-29(33)26-11-9-21(2)31-28(26)22-13-15-32(16-14-22)19-24-17-25(34-3)10-12-27(24)35-4/h5-12,17,22H,13-16,18-19H2,1-4H3,(H,30,33). The molecule has 6 nitrogen and oxygen atoms in total. The fourth-order valence-electron chi connectivity index (χ4n) is 4.77. The highest BCUT2D eigenvalue weighted by Gasteiger charge is 2.26. The van der Waals surface area contributed by atoms with Gasteiger partial charge in [0.2, 0.25) is 0 Å². The fourth-order valence-corrected chi connectivity index (χ4v) is 4.77. The number of carbonyl (C=O) groups is 1. The van der Waals surface area contributed by atoms with Crippen molar-refractivity contribution in [3.8, 4) is 11.5 Å². The van der Waals surface area contributed by atoms with Crippen LogP contribution < -0.4 is 14.8 Å². The number of ether oxygens (including phenoxy) is 2. The predicted octanol–water partition coefficient (Wildman–Crippen LogP) is 5.03. The molecule has 2 aromatic carbocycles. The van der Waals surface area contributed by atoms with Crippen molar-refractivity contribution in [3.63, 3.8) is 0 Å². The van der Waals surface area contributed by atoms with Gasteiger partial charge in [0.15, 0.2) is 0 Å². The van der Waals surface area contributed by atoms with Gasteiger partial charge in [0, 0.05) is 30.3 Å². The summed E-state index contributed by atoms with van der Waals surface area (Å²) in [6.45, 7) is 7.24. The highest BCUT2D eigenvalue weighted by atomic mass is 16.5. The van der Waals surface area contributed by atoms with Crippen molar-refractivity contribution in [2.75, 3.05) is 27.3 Å². The van der Waals surface area contributed by atoms with Crippen molar-refractivity contribution in [1.82, 2.24) is 15.2 Å². The number of pyridine rings is 1. The normalized spacial score (nSPS) is 14.5. The molecular formula is C29H35N3O3. The number of aryl methyl sites for hydroxylation is 2. The molecule has 1 aliphatic heterocycles. The minimum absolute atomic E-state index is 0.0562. The molecule has 0 radical (unpaired) electrons. The lowest BCUT2D eigenvalue weighted by Crippen LogP contribution is -2.34. The zero-order valence-electron chi connectivity index (χ0n) is 21.1. The molecule has 35 heavy (non-hydrogen) atoms. The van der Waals surface area contributed by atoms with Crippen LogP contribution >= 0.6 is 0 Å². The number of aromatic nitrogens is 1. The number of hydrogen-bond acceptors (Lipinski definition) is 5. The summed E-state index contributed by atoms with van der Waals surface area (Å²) in [5.74, 6) is 1.92. The van der Waals surface area contributed by atoms with Crippen LogP contribution in [0.4, 0.5) is 0 Å². The van der Waals surface area contributed by atoms with Crippen molar-refractivity contribution >= 4 is 5.91 Å². The number of likely N-dealkylation sites (tertiary alicyclic amines) is 1. The van der Waals surface area contributed by atoms with Crippen LogP contribution in [0.3, 0.4) is 0 Å². The summed E-state index contributed by atoms with van der Waals surface area (Å²) in [6, 6.07) is 17.9. The summed E-state index contributed by atoms with van der Waals surface area (Å²) >= 11 is 0. The van der Waals surface area contributed by atoms with Crippen LogP contribution in [0, 0.1) is 13.8 Å². The minimum Gasteiger partial charge on any atom is -0.497 e. The van der Waals surface area contributed by atoms with Crippen molar-refractivity contribution in [2.24, 2.45) is 0 Å². The summed E-state index contributed by atoms with van der Waals surface area (Å²) in [5, 5.41) is 3.10. The Morgan fingerprint density at radius 3 is 2.49 bits per heavy atom. The summed E-state index contributed by atoms with van der Waals surface area (Å²) < 4.78 is 11.0. The van der Waals surface area contributed by atoms with Crippen LogP contribution in [0.25, 0.3) is 0 Å². The van der Waals surface area contributed by atoms with E-state index in [0.29, 0.717) is 12.1 Å². The van der Waals surface area contributed by atoms with Crippen molar-refractivity contribution in [1.29, 1.82) is 0 Å². The fraction of sp³-hybridized carbons (Fsp3) is 0.379. The molecule has 2 heterocycles. The maximum absolute atomic E-state index is 13.2. The number of carbonyl (C=O) groups excluding carboxylic acids is 1. The van der Waals surface area contributed by atoms with Gasteiger partial charge < -0.3 is 14.8 Å². The van der Waals surface area contributed by atoms with E-state index in [0.717, 1.165) is 66.5 Å². The largest absolute Gasteiger partial charge is 0.497 e. The second kappa shape index (κ2) is 11.4. The molecule has 0 saturated carbocycles. The maximum atomic E-state index is 13.2. The van der Waals surface area contributed by atoms with Crippen molar-refractivity contribution in [2.45, 2.75) is 45.7 Å². The molecule has 0 atom stereocenters. The molecule has 1 saturated heterocycles. The van der Waals surface area contributed by atoms with Gasteiger partial charge in [-0.3, -0.25) is 14.7 Å². The van der Waals surface area contributed by atoms with E-state index in [1.807, 2.05) is 49.4 Å². The molecular weight excluding hydrogens is 438 g/mol. The Kier molecular flexibility index (Phi) is 8.03. The number of benzene rings is 2. The van der Waals surface area contributed by atoms with E-state index in [-0.39, 0.29) is 11.8 Å². The number of nitrogens with zero attached hydrogens (tertiary/aromatic N) is 2. The maximum Gasteiger partial charge on any atom is 0.253 e. The molecule has 0 aliphatic carbocycles. The molecule has 4 rings (SSSR count). The van der Waals surface area contributed by atoms with Gasteiger partial charge >= 0.3 is 0 Å². The summed E-state index contributed by atoms with van der Waals surface area (Å²) in [6.07, 6.45) is 1.92. The molecule has 6 heteroatoms. The van der Waals surface area contributed by atoms with Crippen LogP contribution in [0.2, 0.25) is 0 Å². The number of methoxy groups -OCH3 is 2. The Bertz CT molecular complexity index is 1170. The number of rotatable bonds is 8. The zero-order chi connectivity index (χ0) is 24.8. The van der Waals surface area contributed by atoms with Crippen LogP contribution in [-0.2, 0) is 13.1 Å². The van der Waals surface area contributed by atoms with Crippen LogP contribution in [0.5, 0.6) is 11.5 Å². The minimum atomic E-state index is -0.0562. The van der Waals surface area contributed by atoms with Crippen molar-refractivity contribution in [3.05, 3.63) is 88.2 Å². The van der Waals surface area contributed by atoms with E-state index in [1.54, 1.807) is 14.2 Å². The molecule has 1 aromatic heterocycles. The third kappa shape index (κ3) is 6.01. The highest BCUT2D eigenvalue weighted by molar-refractivity contribution is 5.95. The molecule has 1 aliphatic rings. The molecule has 0 spiro atoms. The van der Waals surface area contributed by atoms with Gasteiger partial charge in [-0.15, -0.1) is 0 Å². The van der Waals surface area contributed by atoms with Gasteiger partial charge in [-0.1, -0.05) is 24.3 Å². The van der Waals surface area contributed by atoms with E-state index < -0.39 is 0 Å². The summed E-state index contributed by atoms with van der Waals surface area (Å²) in [4.78, 5) is 20.4. The van der Waals surface area contributed by atoms with Gasteiger partial charge in [0.25, 0.3) is 5.91 Å². The van der Waals surface area contributed by atoms with Crippen LogP contribution in [0.15, 0.2) is 54.6 Å². The van der Waals surface area contributed by atoms with Crippen LogP contribution in [-0.4, -0.2) is 43.1 Å². The molecule has 1 fully saturated rings. The first-order valence-electron chi connectivity index (χ1n) is 12.2. The Balaban J connectivity index is 1.43. The van der Waals surface area contributed by atoms with Crippen LogP contribution in [0.1, 0.15) is 57.2 Å². The Morgan fingerprint density at radius 1 is 1.00 bits per heavy atom. The molecule has 0 bridgehead atoms. The van der Waals surface area contributed by atoms with E-state index in [9.17, 15) is 4.79 Å². The SMILES string of the molecule is COc1ccc(OC)c(CN2CCC(c3nc(C)ccc3C(=O)NCc3ccccc3C)CC2)c1. The first-order chi connectivity index (χ1) is 17.0. The Morgan fingerprint density at radius 2 is 1.77 bits per heavy atom. The number of hydrogen-bond donors (Lipinski definition) is 1. The third-order valence-electron chi connectivity index (χ3n) is 6.87. The predicted molar refractivity (Wildman–Crippen MR) is 138 cm³/mol. The first-order valence-corrected chi connectivity index (χ1v) is 12.2. The summed E-state index contributed by atoms with van der Waals surface area (Å²) in [7, 11) is 3.38. The van der Waals surface area contributed by atoms with E-state index >= 15 is 0 Å². The first kappa shape index (κ1) is 24.7. The second-order valence-electron chi connectivity index (χ2n) is 9.22. The lowest BCUT2D eigenvalue weighted by atomic mass is 9.89. The Labute approximate surface area is 208 Å². The van der Waals surface area contributed by atoms with Gasteiger partial charge in [-0.2, -0.15) is 0 Å². The molecule has 184 valence electrons. The summed E-state index contributed by atoms with van der Waals surface area (Å²) in [5.41, 5.74) is 5.98. The quantitative estimate of drug-likeness (QED) is 0.497. The van der Waals surface area contributed by atoms with Gasteiger partial charge in [0.1, 0.15) is 11.5 Å². The third-order valence-corrected chi connectivity index (χ3v) is 6.87. The topological polar surface area (TPSA) is 63.7 Å². The second-order valence-corrected chi connectivity index (χ2v) is 9.22. The monoisotopic (exact) mass is 473 g/mol. The average molecular weight is 474 g/mol. The molecule has 0 unspecified atom stereocenters. The average Bonchev–Trinajstić information content (AvgIpc) is 2.88. The zero-order valence-corrected chi connectivity index (χ0v) is 21.1.